The molecule has 2 aromatic heterocycles. The van der Waals surface area contributed by atoms with Crippen LogP contribution in [-0.2, 0) is 0 Å². The van der Waals surface area contributed by atoms with Gasteiger partial charge in [0.15, 0.2) is 5.69 Å². The normalized spacial score (nSPS) is 11.6. The molecular weight excluding hydrogens is 442 g/mol. The fourth-order valence-corrected chi connectivity index (χ4v) is 2.93. The van der Waals surface area contributed by atoms with E-state index in [9.17, 15) is 14.9 Å². The maximum atomic E-state index is 12.8. The number of hydrogen-bond donors (Lipinski definition) is 2. The average Bonchev–Trinajstić information content (AvgIpc) is 3.42. The van der Waals surface area contributed by atoms with Crippen LogP contribution in [0.4, 0.5) is 11.5 Å². The first-order valence-corrected chi connectivity index (χ1v) is 10.2. The Morgan fingerprint density at radius 2 is 2.12 bits per heavy atom. The minimum atomic E-state index is -0.686. The molecule has 176 valence electrons. The molecule has 1 amide bonds. The van der Waals surface area contributed by atoms with Gasteiger partial charge in [-0.3, -0.25) is 14.9 Å². The monoisotopic (exact) mass is 465 g/mol. The number of carbonyl (C=O) groups is 1. The van der Waals surface area contributed by atoms with Gasteiger partial charge in [0, 0.05) is 23.9 Å². The van der Waals surface area contributed by atoms with Crippen LogP contribution in [0, 0.1) is 10.1 Å². The van der Waals surface area contributed by atoms with E-state index < -0.39 is 10.8 Å². The van der Waals surface area contributed by atoms with Crippen molar-refractivity contribution >= 4 is 23.6 Å². The number of amides is 1. The smallest absolute Gasteiger partial charge is 0.294 e. The number of nitro benzene ring substituents is 1. The van der Waals surface area contributed by atoms with Crippen LogP contribution in [0.15, 0.2) is 57.3 Å². The number of rotatable bonds is 9. The van der Waals surface area contributed by atoms with Crippen molar-refractivity contribution in [3.63, 3.8) is 0 Å². The second-order valence-corrected chi connectivity index (χ2v) is 7.53. The second kappa shape index (κ2) is 10.8. The van der Waals surface area contributed by atoms with Gasteiger partial charge in [0.05, 0.1) is 4.92 Å². The molecule has 0 radical (unpaired) electrons. The lowest BCUT2D eigenvalue weighted by Gasteiger charge is -2.05. The first-order chi connectivity index (χ1) is 16.3. The molecule has 0 saturated carbocycles. The molecule has 0 aliphatic rings. The van der Waals surface area contributed by atoms with Crippen LogP contribution < -0.4 is 11.2 Å². The number of nitrogens with zero attached hydrogens (tertiary/aromatic N) is 7. The number of hydrazone groups is 1. The molecule has 0 bridgehead atoms. The van der Waals surface area contributed by atoms with E-state index in [0.717, 1.165) is 23.1 Å². The van der Waals surface area contributed by atoms with E-state index in [4.69, 9.17) is 5.73 Å². The molecule has 13 heteroatoms. The average molecular weight is 465 g/mol. The number of benzene rings is 1. The number of allylic oxidation sites excluding steroid dienone is 4. The second-order valence-electron chi connectivity index (χ2n) is 7.53. The summed E-state index contributed by atoms with van der Waals surface area (Å²) in [6.07, 6.45) is 7.18. The first kappa shape index (κ1) is 24.0. The number of non-ortho nitro benzene ring substituents is 1. The SMILES string of the molecule is CC(C)=CCC/C(C)=C/C=N/NC(=O)c1nnn(-c2nonc2N)c1-c1cccc([N+](=O)[O-])c1. The molecule has 3 rings (SSSR count). The van der Waals surface area contributed by atoms with E-state index >= 15 is 0 Å². The van der Waals surface area contributed by atoms with Gasteiger partial charge < -0.3 is 5.73 Å². The largest absolute Gasteiger partial charge is 0.378 e. The van der Waals surface area contributed by atoms with E-state index in [1.165, 1.54) is 30.0 Å². The minimum Gasteiger partial charge on any atom is -0.378 e. The lowest BCUT2D eigenvalue weighted by Crippen LogP contribution is -2.19. The highest BCUT2D eigenvalue weighted by Crippen LogP contribution is 2.28. The van der Waals surface area contributed by atoms with Gasteiger partial charge in [-0.25, -0.2) is 10.1 Å². The molecule has 0 spiro atoms. The van der Waals surface area contributed by atoms with Crippen molar-refractivity contribution < 1.29 is 14.3 Å². The minimum absolute atomic E-state index is 0.0218. The zero-order valence-electron chi connectivity index (χ0n) is 18.8. The quantitative estimate of drug-likeness (QED) is 0.207. The number of anilines is 1. The van der Waals surface area contributed by atoms with E-state index in [-0.39, 0.29) is 34.3 Å². The Labute approximate surface area is 194 Å². The topological polar surface area (TPSA) is 180 Å². The number of hydrogen-bond acceptors (Lipinski definition) is 10. The molecule has 0 atom stereocenters. The van der Waals surface area contributed by atoms with Gasteiger partial charge >= 0.3 is 0 Å². The molecule has 34 heavy (non-hydrogen) atoms. The number of aromatic nitrogens is 5. The van der Waals surface area contributed by atoms with Crippen molar-refractivity contribution in [1.29, 1.82) is 0 Å². The number of carbonyl (C=O) groups excluding carboxylic acids is 1. The molecule has 0 saturated heterocycles. The Morgan fingerprint density at radius 1 is 1.32 bits per heavy atom. The molecule has 0 fully saturated rings. The molecule has 3 N–H and O–H groups in total. The summed E-state index contributed by atoms with van der Waals surface area (Å²) in [6, 6.07) is 5.62. The predicted molar refractivity (Wildman–Crippen MR) is 124 cm³/mol. The lowest BCUT2D eigenvalue weighted by atomic mass is 10.1. The maximum Gasteiger partial charge on any atom is 0.294 e. The van der Waals surface area contributed by atoms with Gasteiger partial charge in [0.1, 0.15) is 5.69 Å². The summed E-state index contributed by atoms with van der Waals surface area (Å²) in [7, 11) is 0. The van der Waals surface area contributed by atoms with Crippen molar-refractivity contribution in [3.8, 4) is 17.1 Å². The fourth-order valence-electron chi connectivity index (χ4n) is 2.93. The van der Waals surface area contributed by atoms with Crippen LogP contribution in [0.1, 0.15) is 44.1 Å². The van der Waals surface area contributed by atoms with E-state index in [1.54, 1.807) is 12.1 Å². The summed E-state index contributed by atoms with van der Waals surface area (Å²) >= 11 is 0. The Kier molecular flexibility index (Phi) is 7.59. The summed E-state index contributed by atoms with van der Waals surface area (Å²) in [5.74, 6) is -0.809. The first-order valence-electron chi connectivity index (χ1n) is 10.2. The van der Waals surface area contributed by atoms with Gasteiger partial charge in [-0.05, 0) is 50.0 Å². The molecule has 13 nitrogen and oxygen atoms in total. The van der Waals surface area contributed by atoms with Gasteiger partial charge in [-0.2, -0.15) is 9.78 Å². The highest BCUT2D eigenvalue weighted by molar-refractivity contribution is 5.98. The highest BCUT2D eigenvalue weighted by Gasteiger charge is 2.26. The predicted octanol–water partition coefficient (Wildman–Crippen LogP) is 3.22. The van der Waals surface area contributed by atoms with Crippen molar-refractivity contribution in [1.82, 2.24) is 30.7 Å². The Morgan fingerprint density at radius 3 is 2.79 bits per heavy atom. The number of nitrogens with two attached hydrogens (primary N) is 1. The summed E-state index contributed by atoms with van der Waals surface area (Å²) in [5, 5.41) is 30.2. The third-order valence-corrected chi connectivity index (χ3v) is 4.60. The van der Waals surface area contributed by atoms with E-state index in [1.807, 2.05) is 20.8 Å². The molecule has 0 unspecified atom stereocenters. The Bertz CT molecular complexity index is 1280. The van der Waals surface area contributed by atoms with E-state index in [0.29, 0.717) is 0 Å². The van der Waals surface area contributed by atoms with Gasteiger partial charge in [0.25, 0.3) is 11.6 Å². The summed E-state index contributed by atoms with van der Waals surface area (Å²) in [6.45, 7) is 6.05. The zero-order valence-corrected chi connectivity index (χ0v) is 18.8. The molecule has 0 aliphatic carbocycles. The van der Waals surface area contributed by atoms with Crippen LogP contribution >= 0.6 is 0 Å². The molecule has 2 heterocycles. The van der Waals surface area contributed by atoms with Crippen molar-refractivity contribution in [2.75, 3.05) is 5.73 Å². The number of nitro groups is 1. The third-order valence-electron chi connectivity index (χ3n) is 4.60. The van der Waals surface area contributed by atoms with Crippen molar-refractivity contribution in [2.45, 2.75) is 33.6 Å². The lowest BCUT2D eigenvalue weighted by molar-refractivity contribution is -0.384. The van der Waals surface area contributed by atoms with Crippen LogP contribution in [0.3, 0.4) is 0 Å². The number of nitrogen functional groups attached to an aromatic ring is 1. The molecule has 3 aromatic rings. The molecule has 1 aromatic carbocycles. The van der Waals surface area contributed by atoms with E-state index in [2.05, 4.69) is 41.9 Å². The Hall–Kier alpha value is -4.68. The van der Waals surface area contributed by atoms with Gasteiger partial charge in [-0.15, -0.1) is 5.10 Å². The Balaban J connectivity index is 1.88. The molecule has 0 aliphatic heterocycles. The standard InChI is InChI=1S/C21H23N9O4/c1-13(2)6-4-7-14(3)10-11-23-25-21(31)17-18(15-8-5-9-16(12-15)30(32)33)29(28-24-17)20-19(22)26-34-27-20/h5-6,8-12H,4,7H2,1-3H3,(H2,22,26)(H,25,31)/b14-10+,23-11+. The van der Waals surface area contributed by atoms with Crippen LogP contribution in [0.2, 0.25) is 0 Å². The maximum absolute atomic E-state index is 12.8. The summed E-state index contributed by atoms with van der Waals surface area (Å²) in [5.41, 5.74) is 10.5. The van der Waals surface area contributed by atoms with Gasteiger partial charge in [-0.1, -0.05) is 34.6 Å². The fraction of sp³-hybridized carbons (Fsp3) is 0.238. The van der Waals surface area contributed by atoms with Crippen molar-refractivity contribution in [3.05, 3.63) is 63.4 Å². The summed E-state index contributed by atoms with van der Waals surface area (Å²) < 4.78 is 5.73. The van der Waals surface area contributed by atoms with Crippen molar-refractivity contribution in [2.24, 2.45) is 5.10 Å². The zero-order chi connectivity index (χ0) is 24.7. The third kappa shape index (κ3) is 5.76. The van der Waals surface area contributed by atoms with Crippen LogP contribution in [-0.4, -0.2) is 42.4 Å². The van der Waals surface area contributed by atoms with Crippen LogP contribution in [0.5, 0.6) is 0 Å². The summed E-state index contributed by atoms with van der Waals surface area (Å²) in [4.78, 5) is 23.5. The van der Waals surface area contributed by atoms with Crippen LogP contribution in [0.25, 0.3) is 17.1 Å². The highest BCUT2D eigenvalue weighted by atomic mass is 16.6. The van der Waals surface area contributed by atoms with Gasteiger partial charge in [0.2, 0.25) is 11.6 Å². The number of nitrogens with one attached hydrogen (secondary N) is 1. The molecular formula is C21H23N9O4.